The van der Waals surface area contributed by atoms with Crippen LogP contribution < -0.4 is 11.5 Å². The van der Waals surface area contributed by atoms with Crippen LogP contribution in [-0.4, -0.2) is 60.3 Å². The van der Waals surface area contributed by atoms with Crippen LogP contribution in [0.25, 0.3) is 5.65 Å². The molecule has 0 radical (unpaired) electrons. The largest absolute Gasteiger partial charge is 0.394 e. The van der Waals surface area contributed by atoms with E-state index in [1.807, 2.05) is 0 Å². The molecule has 0 saturated carbocycles. The summed E-state index contributed by atoms with van der Waals surface area (Å²) in [7, 11) is 0. The smallest absolute Gasteiger partial charge is 0.240 e. The third kappa shape index (κ3) is 3.03. The van der Waals surface area contributed by atoms with Crippen molar-refractivity contribution in [2.24, 2.45) is 0 Å². The molecule has 2 aromatic rings. The highest BCUT2D eigenvalue weighted by molar-refractivity contribution is 5.60. The minimum atomic E-state index is -0.909. The number of hydrogen-bond acceptors (Lipinski definition) is 9. The van der Waals surface area contributed by atoms with Crippen LogP contribution in [0.15, 0.2) is 6.20 Å². The van der Waals surface area contributed by atoms with E-state index in [4.69, 9.17) is 16.2 Å². The summed E-state index contributed by atoms with van der Waals surface area (Å²) in [6.07, 6.45) is -1.21. The first kappa shape index (κ1) is 15.4. The number of aromatic nitrogens is 4. The lowest BCUT2D eigenvalue weighted by molar-refractivity contribution is -0.109. The van der Waals surface area contributed by atoms with E-state index in [-0.39, 0.29) is 17.4 Å². The molecule has 0 aliphatic carbocycles. The first-order chi connectivity index (χ1) is 9.97. The topological polar surface area (TPSA) is 165 Å². The van der Waals surface area contributed by atoms with Crippen LogP contribution in [0, 0.1) is 0 Å². The molecule has 21 heavy (non-hydrogen) atoms. The molecule has 2 heterocycles. The molecule has 0 aromatic carbocycles. The zero-order valence-corrected chi connectivity index (χ0v) is 11.4. The molecule has 0 aliphatic rings. The Kier molecular flexibility index (Phi) is 4.53. The van der Waals surface area contributed by atoms with Crippen LogP contribution in [0.2, 0.25) is 0 Å². The number of anilines is 2. The molecule has 7 N–H and O–H groups in total. The van der Waals surface area contributed by atoms with Gasteiger partial charge in [0.1, 0.15) is 12.2 Å². The summed E-state index contributed by atoms with van der Waals surface area (Å²) in [5.74, 6) is 0.0462. The summed E-state index contributed by atoms with van der Waals surface area (Å²) < 4.78 is 6.80. The van der Waals surface area contributed by atoms with Crippen molar-refractivity contribution in [2.75, 3.05) is 24.7 Å². The Labute approximate surface area is 120 Å². The Hall–Kier alpha value is -2.01. The van der Waals surface area contributed by atoms with Gasteiger partial charge in [-0.05, 0) is 6.92 Å². The lowest BCUT2D eigenvalue weighted by Gasteiger charge is -2.23. The fourth-order valence-corrected chi connectivity index (χ4v) is 1.88. The molecule has 0 saturated heterocycles. The molecule has 10 heteroatoms. The number of nitrogens with zero attached hydrogens (tertiary/aromatic N) is 4. The van der Waals surface area contributed by atoms with Crippen molar-refractivity contribution in [3.8, 4) is 0 Å². The number of nitrogen functional groups attached to an aromatic ring is 2. The van der Waals surface area contributed by atoms with Gasteiger partial charge in [0.25, 0.3) is 0 Å². The number of imidazole rings is 1. The average Bonchev–Trinajstić information content (AvgIpc) is 2.83. The normalized spacial score (nSPS) is 16.0. The number of fused-ring (bicyclic) bond motifs is 1. The first-order valence-corrected chi connectivity index (χ1v) is 6.29. The first-order valence-electron chi connectivity index (χ1n) is 6.29. The number of nitrogens with two attached hydrogens (primary N) is 2. The number of ether oxygens (including phenoxy) is 1. The van der Waals surface area contributed by atoms with Crippen LogP contribution in [0.3, 0.4) is 0 Å². The predicted octanol–water partition coefficient (Wildman–Crippen LogP) is -1.92. The molecule has 2 rings (SSSR count). The molecule has 10 nitrogen and oxygen atoms in total. The van der Waals surface area contributed by atoms with E-state index in [0.29, 0.717) is 5.69 Å². The van der Waals surface area contributed by atoms with Gasteiger partial charge in [-0.3, -0.25) is 0 Å². The zero-order chi connectivity index (χ0) is 15.6. The van der Waals surface area contributed by atoms with Crippen molar-refractivity contribution < 1.29 is 20.1 Å². The second kappa shape index (κ2) is 6.18. The van der Waals surface area contributed by atoms with Crippen molar-refractivity contribution >= 4 is 17.4 Å². The van der Waals surface area contributed by atoms with E-state index in [1.54, 1.807) is 0 Å². The van der Waals surface area contributed by atoms with Gasteiger partial charge in [0.2, 0.25) is 5.95 Å². The predicted molar refractivity (Wildman–Crippen MR) is 73.1 cm³/mol. The number of aliphatic hydroxyl groups excluding tert-OH is 3. The van der Waals surface area contributed by atoms with Gasteiger partial charge in [0, 0.05) is 0 Å². The van der Waals surface area contributed by atoms with Crippen LogP contribution in [0.1, 0.15) is 18.7 Å². The van der Waals surface area contributed by atoms with Gasteiger partial charge in [0.05, 0.1) is 31.2 Å². The van der Waals surface area contributed by atoms with Gasteiger partial charge in [-0.1, -0.05) is 0 Å². The summed E-state index contributed by atoms with van der Waals surface area (Å²) >= 11 is 0. The summed E-state index contributed by atoms with van der Waals surface area (Å²) in [5.41, 5.74) is 11.9. The van der Waals surface area contributed by atoms with Gasteiger partial charge < -0.3 is 31.5 Å². The van der Waals surface area contributed by atoms with Gasteiger partial charge in [-0.25, -0.2) is 9.50 Å². The monoisotopic (exact) mass is 298 g/mol. The van der Waals surface area contributed by atoms with Crippen LogP contribution >= 0.6 is 0 Å². The maximum absolute atomic E-state index is 9.50. The lowest BCUT2D eigenvalue weighted by Crippen LogP contribution is -2.33. The third-order valence-electron chi connectivity index (χ3n) is 2.98. The van der Waals surface area contributed by atoms with Gasteiger partial charge in [-0.2, -0.15) is 4.98 Å². The SMILES string of the molecule is C[C@H](O)C(CO)OC(CO)c1cnc2c(N)nc(N)nn12. The Bertz CT molecular complexity index is 616. The van der Waals surface area contributed by atoms with Gasteiger partial charge in [-0.15, -0.1) is 5.10 Å². The lowest BCUT2D eigenvalue weighted by atomic mass is 10.2. The van der Waals surface area contributed by atoms with E-state index in [1.165, 1.54) is 17.6 Å². The van der Waals surface area contributed by atoms with E-state index < -0.39 is 31.5 Å². The molecule has 2 aromatic heterocycles. The maximum Gasteiger partial charge on any atom is 0.240 e. The second-order valence-corrected chi connectivity index (χ2v) is 4.54. The van der Waals surface area contributed by atoms with Crippen LogP contribution in [0.5, 0.6) is 0 Å². The molecule has 0 amide bonds. The molecule has 0 bridgehead atoms. The molecule has 0 fully saturated rings. The van der Waals surface area contributed by atoms with E-state index in [0.717, 1.165) is 0 Å². The van der Waals surface area contributed by atoms with E-state index in [9.17, 15) is 15.3 Å². The molecule has 0 spiro atoms. The standard InChI is InChI=1S/C11H18N6O4/c1-5(20)7(3-18)21-8(4-19)6-2-14-10-9(12)15-11(13)16-17(6)10/h2,5,7-8,18-20H,3-4H2,1H3,(H4,12,13,15,16)/t5-,7?,8?/m0/s1. The number of rotatable bonds is 6. The molecule has 0 aliphatic heterocycles. The fraction of sp³-hybridized carbons (Fsp3) is 0.545. The second-order valence-electron chi connectivity index (χ2n) is 4.54. The third-order valence-corrected chi connectivity index (χ3v) is 2.98. The van der Waals surface area contributed by atoms with Crippen LogP contribution in [-0.2, 0) is 4.74 Å². The Morgan fingerprint density at radius 3 is 2.62 bits per heavy atom. The quantitative estimate of drug-likeness (QED) is 0.408. The molecule has 116 valence electrons. The van der Waals surface area contributed by atoms with Gasteiger partial charge >= 0.3 is 0 Å². The summed E-state index contributed by atoms with van der Waals surface area (Å²) in [6, 6.07) is 0. The number of hydrogen-bond donors (Lipinski definition) is 5. The minimum absolute atomic E-state index is 0.0508. The highest BCUT2D eigenvalue weighted by Crippen LogP contribution is 2.22. The molecular weight excluding hydrogens is 280 g/mol. The molecule has 3 atom stereocenters. The van der Waals surface area contributed by atoms with Crippen molar-refractivity contribution in [3.05, 3.63) is 11.9 Å². The highest BCUT2D eigenvalue weighted by Gasteiger charge is 2.24. The van der Waals surface area contributed by atoms with Crippen molar-refractivity contribution in [1.29, 1.82) is 0 Å². The highest BCUT2D eigenvalue weighted by atomic mass is 16.5. The molecule has 2 unspecified atom stereocenters. The Morgan fingerprint density at radius 1 is 1.33 bits per heavy atom. The maximum atomic E-state index is 9.50. The van der Waals surface area contributed by atoms with E-state index in [2.05, 4.69) is 15.1 Å². The van der Waals surface area contributed by atoms with Crippen molar-refractivity contribution in [1.82, 2.24) is 19.6 Å². The minimum Gasteiger partial charge on any atom is -0.394 e. The van der Waals surface area contributed by atoms with Crippen LogP contribution in [0.4, 0.5) is 11.8 Å². The van der Waals surface area contributed by atoms with Crippen molar-refractivity contribution in [2.45, 2.75) is 25.2 Å². The summed E-state index contributed by atoms with van der Waals surface area (Å²) in [4.78, 5) is 7.83. The Balaban J connectivity index is 2.38. The molecular formula is C11H18N6O4. The van der Waals surface area contributed by atoms with E-state index >= 15 is 0 Å². The Morgan fingerprint density at radius 2 is 2.05 bits per heavy atom. The number of aliphatic hydroxyl groups is 3. The van der Waals surface area contributed by atoms with Gasteiger partial charge in [0.15, 0.2) is 11.5 Å². The zero-order valence-electron chi connectivity index (χ0n) is 11.4. The average molecular weight is 298 g/mol. The van der Waals surface area contributed by atoms with Crippen molar-refractivity contribution in [3.63, 3.8) is 0 Å². The summed E-state index contributed by atoms with van der Waals surface area (Å²) in [6.45, 7) is 0.674. The fourth-order valence-electron chi connectivity index (χ4n) is 1.88. The summed E-state index contributed by atoms with van der Waals surface area (Å²) in [5, 5.41) is 32.1.